The third-order valence-electron chi connectivity index (χ3n) is 2.83. The Balaban J connectivity index is 0.00000128. The number of carbonyl (C=O) groups excluding carboxylic acids is 1. The van der Waals surface area contributed by atoms with Crippen molar-refractivity contribution in [2.45, 2.75) is 25.8 Å². The van der Waals surface area contributed by atoms with E-state index in [0.717, 1.165) is 30.6 Å². The van der Waals surface area contributed by atoms with Crippen molar-refractivity contribution >= 4 is 24.0 Å². The third-order valence-corrected chi connectivity index (χ3v) is 2.83. The first kappa shape index (κ1) is 13.0. The number of anilines is 1. The van der Waals surface area contributed by atoms with Crippen molar-refractivity contribution in [1.82, 2.24) is 0 Å². The zero-order valence-electron chi connectivity index (χ0n) is 9.19. The average molecular weight is 241 g/mol. The fraction of sp³-hybridized carbons (Fsp3) is 0.417. The molecule has 1 aliphatic heterocycles. The van der Waals surface area contributed by atoms with Gasteiger partial charge in [0, 0.05) is 25.2 Å². The summed E-state index contributed by atoms with van der Waals surface area (Å²) >= 11 is 0. The molecule has 0 spiro atoms. The molecule has 1 aliphatic rings. The molecule has 0 unspecified atom stereocenters. The quantitative estimate of drug-likeness (QED) is 0.861. The summed E-state index contributed by atoms with van der Waals surface area (Å²) in [6.45, 7) is 1.32. The zero-order valence-corrected chi connectivity index (χ0v) is 10.0. The lowest BCUT2D eigenvalue weighted by atomic mass is 10.1. The second-order valence-electron chi connectivity index (χ2n) is 3.84. The third kappa shape index (κ3) is 2.54. The van der Waals surface area contributed by atoms with Gasteiger partial charge >= 0.3 is 0 Å². The molecule has 0 saturated carbocycles. The predicted octanol–water partition coefficient (Wildman–Crippen LogP) is 2.08. The van der Waals surface area contributed by atoms with Gasteiger partial charge in [0.1, 0.15) is 0 Å². The molecule has 2 N–H and O–H groups in total. The number of carbonyl (C=O) groups is 1. The lowest BCUT2D eigenvalue weighted by Gasteiger charge is -2.28. The SMILES string of the molecule is Cl.NCc1ccccc1N1CCCCC1=O. The number of benzene rings is 1. The van der Waals surface area contributed by atoms with Gasteiger partial charge in [-0.2, -0.15) is 0 Å². The Labute approximate surface area is 102 Å². The fourth-order valence-electron chi connectivity index (χ4n) is 2.01. The number of nitrogens with two attached hydrogens (primary N) is 1. The van der Waals surface area contributed by atoms with Crippen LogP contribution in [0.2, 0.25) is 0 Å². The Morgan fingerprint density at radius 1 is 1.25 bits per heavy atom. The second kappa shape index (κ2) is 5.87. The summed E-state index contributed by atoms with van der Waals surface area (Å²) in [6.07, 6.45) is 2.77. The van der Waals surface area contributed by atoms with Gasteiger partial charge in [-0.1, -0.05) is 18.2 Å². The maximum atomic E-state index is 11.7. The average Bonchev–Trinajstić information content (AvgIpc) is 2.30. The minimum absolute atomic E-state index is 0. The van der Waals surface area contributed by atoms with Gasteiger partial charge in [0.25, 0.3) is 0 Å². The molecule has 1 fully saturated rings. The Morgan fingerprint density at radius 2 is 2.00 bits per heavy atom. The molecule has 4 heteroatoms. The van der Waals surface area contributed by atoms with Crippen LogP contribution in [0.15, 0.2) is 24.3 Å². The van der Waals surface area contributed by atoms with Crippen LogP contribution >= 0.6 is 12.4 Å². The number of nitrogens with zero attached hydrogens (tertiary/aromatic N) is 1. The predicted molar refractivity (Wildman–Crippen MR) is 67.8 cm³/mol. The van der Waals surface area contributed by atoms with Crippen molar-refractivity contribution in [2.75, 3.05) is 11.4 Å². The van der Waals surface area contributed by atoms with E-state index < -0.39 is 0 Å². The standard InChI is InChI=1S/C12H16N2O.ClH/c13-9-10-5-1-2-6-11(10)14-8-4-3-7-12(14)15;/h1-2,5-6H,3-4,7-9,13H2;1H. The van der Waals surface area contributed by atoms with E-state index in [-0.39, 0.29) is 18.3 Å². The molecular formula is C12H17ClN2O. The van der Waals surface area contributed by atoms with Crippen molar-refractivity contribution in [3.8, 4) is 0 Å². The highest BCUT2D eigenvalue weighted by atomic mass is 35.5. The van der Waals surface area contributed by atoms with E-state index >= 15 is 0 Å². The number of rotatable bonds is 2. The van der Waals surface area contributed by atoms with Crippen LogP contribution in [0.25, 0.3) is 0 Å². The largest absolute Gasteiger partial charge is 0.326 e. The van der Waals surface area contributed by atoms with Crippen LogP contribution in [-0.4, -0.2) is 12.5 Å². The summed E-state index contributed by atoms with van der Waals surface area (Å²) in [4.78, 5) is 13.6. The van der Waals surface area contributed by atoms with Gasteiger partial charge in [-0.25, -0.2) is 0 Å². The molecular weight excluding hydrogens is 224 g/mol. The van der Waals surface area contributed by atoms with Crippen molar-refractivity contribution in [1.29, 1.82) is 0 Å². The lowest BCUT2D eigenvalue weighted by Crippen LogP contribution is -2.36. The minimum atomic E-state index is 0. The Bertz CT molecular complexity index is 368. The summed E-state index contributed by atoms with van der Waals surface area (Å²) in [5, 5.41) is 0. The van der Waals surface area contributed by atoms with Gasteiger partial charge in [0.2, 0.25) is 5.91 Å². The van der Waals surface area contributed by atoms with E-state index in [4.69, 9.17) is 5.73 Å². The molecule has 3 nitrogen and oxygen atoms in total. The molecule has 1 aromatic carbocycles. The molecule has 16 heavy (non-hydrogen) atoms. The number of halogens is 1. The first-order valence-electron chi connectivity index (χ1n) is 5.41. The van der Waals surface area contributed by atoms with Crippen LogP contribution in [0.4, 0.5) is 5.69 Å². The van der Waals surface area contributed by atoms with E-state index in [0.29, 0.717) is 13.0 Å². The van der Waals surface area contributed by atoms with E-state index in [1.54, 1.807) is 0 Å². The number of amides is 1. The highest BCUT2D eigenvalue weighted by Crippen LogP contribution is 2.24. The molecule has 0 atom stereocenters. The zero-order chi connectivity index (χ0) is 10.7. The number of para-hydroxylation sites is 1. The van der Waals surface area contributed by atoms with Gasteiger partial charge in [0.05, 0.1) is 0 Å². The topological polar surface area (TPSA) is 46.3 Å². The first-order chi connectivity index (χ1) is 7.33. The highest BCUT2D eigenvalue weighted by molar-refractivity contribution is 5.94. The van der Waals surface area contributed by atoms with Crippen LogP contribution in [0.1, 0.15) is 24.8 Å². The van der Waals surface area contributed by atoms with Crippen molar-refractivity contribution in [3.63, 3.8) is 0 Å². The summed E-state index contributed by atoms with van der Waals surface area (Å²) < 4.78 is 0. The molecule has 0 bridgehead atoms. The normalized spacial score (nSPS) is 15.8. The van der Waals surface area contributed by atoms with E-state index in [1.807, 2.05) is 29.2 Å². The Kier molecular flexibility index (Phi) is 4.77. The number of hydrogen-bond acceptors (Lipinski definition) is 2. The van der Waals surface area contributed by atoms with Gasteiger partial charge in [-0.05, 0) is 24.5 Å². The summed E-state index contributed by atoms with van der Waals surface area (Å²) in [7, 11) is 0. The van der Waals surface area contributed by atoms with Crippen LogP contribution in [0.5, 0.6) is 0 Å². The molecule has 2 rings (SSSR count). The van der Waals surface area contributed by atoms with Crippen molar-refractivity contribution < 1.29 is 4.79 Å². The highest BCUT2D eigenvalue weighted by Gasteiger charge is 2.20. The lowest BCUT2D eigenvalue weighted by molar-refractivity contribution is -0.119. The Morgan fingerprint density at radius 3 is 2.69 bits per heavy atom. The molecule has 0 aliphatic carbocycles. The van der Waals surface area contributed by atoms with Gasteiger partial charge in [0.15, 0.2) is 0 Å². The number of piperidine rings is 1. The molecule has 1 saturated heterocycles. The summed E-state index contributed by atoms with van der Waals surface area (Å²) in [6, 6.07) is 7.87. The summed E-state index contributed by atoms with van der Waals surface area (Å²) in [5.74, 6) is 0.224. The molecule has 0 radical (unpaired) electrons. The maximum absolute atomic E-state index is 11.7. The van der Waals surface area contributed by atoms with Gasteiger partial charge in [-0.15, -0.1) is 12.4 Å². The molecule has 1 amide bonds. The molecule has 1 heterocycles. The smallest absolute Gasteiger partial charge is 0.226 e. The van der Waals surface area contributed by atoms with Crippen molar-refractivity contribution in [3.05, 3.63) is 29.8 Å². The van der Waals surface area contributed by atoms with Gasteiger partial charge in [-0.3, -0.25) is 4.79 Å². The molecule has 0 aromatic heterocycles. The van der Waals surface area contributed by atoms with Crippen LogP contribution < -0.4 is 10.6 Å². The monoisotopic (exact) mass is 240 g/mol. The van der Waals surface area contributed by atoms with Crippen LogP contribution in [0, 0.1) is 0 Å². The van der Waals surface area contributed by atoms with E-state index in [2.05, 4.69) is 0 Å². The summed E-state index contributed by atoms with van der Waals surface area (Å²) in [5.41, 5.74) is 7.70. The minimum Gasteiger partial charge on any atom is -0.326 e. The first-order valence-corrected chi connectivity index (χ1v) is 5.41. The Hall–Kier alpha value is -1.06. The van der Waals surface area contributed by atoms with Crippen molar-refractivity contribution in [2.24, 2.45) is 5.73 Å². The molecule has 1 aromatic rings. The van der Waals surface area contributed by atoms with Gasteiger partial charge < -0.3 is 10.6 Å². The van der Waals surface area contributed by atoms with E-state index in [1.165, 1.54) is 0 Å². The molecule has 88 valence electrons. The van der Waals surface area contributed by atoms with Crippen LogP contribution in [0.3, 0.4) is 0 Å². The van der Waals surface area contributed by atoms with E-state index in [9.17, 15) is 4.79 Å². The maximum Gasteiger partial charge on any atom is 0.226 e. The second-order valence-corrected chi connectivity index (χ2v) is 3.84. The number of hydrogen-bond donors (Lipinski definition) is 1. The fourth-order valence-corrected chi connectivity index (χ4v) is 2.01. The van der Waals surface area contributed by atoms with Crippen LogP contribution in [-0.2, 0) is 11.3 Å².